The van der Waals surface area contributed by atoms with Crippen LogP contribution >= 0.6 is 0 Å². The van der Waals surface area contributed by atoms with Gasteiger partial charge in [-0.25, -0.2) is 4.39 Å². The number of aryl methyl sites for hydroxylation is 1. The largest absolute Gasteiger partial charge is 0.497 e. The molecule has 198 valence electrons. The highest BCUT2D eigenvalue weighted by atomic mass is 19.1. The lowest BCUT2D eigenvalue weighted by Gasteiger charge is -2.37. The van der Waals surface area contributed by atoms with Gasteiger partial charge in [-0.3, -0.25) is 9.78 Å². The van der Waals surface area contributed by atoms with Crippen LogP contribution in [0.5, 0.6) is 11.5 Å². The number of halogens is 1. The summed E-state index contributed by atoms with van der Waals surface area (Å²) in [4.78, 5) is 18.7. The number of piperidine rings is 1. The third-order valence-corrected chi connectivity index (χ3v) is 7.63. The van der Waals surface area contributed by atoms with Crippen molar-refractivity contribution in [3.63, 3.8) is 0 Å². The molecule has 0 bridgehead atoms. The summed E-state index contributed by atoms with van der Waals surface area (Å²) in [7, 11) is 3.28. The van der Waals surface area contributed by atoms with E-state index in [9.17, 15) is 9.90 Å². The summed E-state index contributed by atoms with van der Waals surface area (Å²) in [6.45, 7) is 2.26. The molecule has 0 saturated carbocycles. The molecule has 4 rings (SSSR count). The number of rotatable bonds is 12. The summed E-state index contributed by atoms with van der Waals surface area (Å²) in [5.74, 6) is 0.306. The number of para-hydroxylation sites is 1. The second-order valence-electron chi connectivity index (χ2n) is 9.89. The van der Waals surface area contributed by atoms with E-state index in [-0.39, 0.29) is 5.92 Å². The van der Waals surface area contributed by atoms with Gasteiger partial charge in [0.15, 0.2) is 0 Å². The Morgan fingerprint density at radius 3 is 2.78 bits per heavy atom. The van der Waals surface area contributed by atoms with Crippen molar-refractivity contribution in [2.45, 2.75) is 44.7 Å². The van der Waals surface area contributed by atoms with Crippen molar-refractivity contribution in [1.82, 2.24) is 9.88 Å². The van der Waals surface area contributed by atoms with Crippen LogP contribution in [0.3, 0.4) is 0 Å². The zero-order valence-corrected chi connectivity index (χ0v) is 21.7. The summed E-state index contributed by atoms with van der Waals surface area (Å²) in [6, 6.07) is 15.2. The normalized spacial score (nSPS) is 19.0. The van der Waals surface area contributed by atoms with Gasteiger partial charge in [-0.05, 0) is 99.0 Å². The van der Waals surface area contributed by atoms with Gasteiger partial charge in [0, 0.05) is 18.1 Å². The van der Waals surface area contributed by atoms with Crippen molar-refractivity contribution in [2.75, 3.05) is 33.9 Å². The van der Waals surface area contributed by atoms with E-state index < -0.39 is 18.1 Å². The molecule has 0 aliphatic carbocycles. The number of alkyl halides is 1. The Morgan fingerprint density at radius 1 is 1.16 bits per heavy atom. The van der Waals surface area contributed by atoms with Gasteiger partial charge in [0.2, 0.25) is 0 Å². The van der Waals surface area contributed by atoms with Crippen molar-refractivity contribution in [3.8, 4) is 11.5 Å². The van der Waals surface area contributed by atoms with E-state index in [4.69, 9.17) is 9.47 Å². The number of aromatic nitrogens is 1. The lowest BCUT2D eigenvalue weighted by Crippen LogP contribution is -2.44. The molecule has 0 radical (unpaired) electrons. The number of hydrogen-bond acceptors (Lipinski definition) is 5. The van der Waals surface area contributed by atoms with Crippen LogP contribution in [0.4, 0.5) is 4.39 Å². The molecule has 37 heavy (non-hydrogen) atoms. The molecule has 0 amide bonds. The number of carbonyl (C=O) groups is 1. The predicted molar refractivity (Wildman–Crippen MR) is 143 cm³/mol. The quantitative estimate of drug-likeness (QED) is 0.299. The number of ether oxygens (including phenoxy) is 2. The van der Waals surface area contributed by atoms with Gasteiger partial charge >= 0.3 is 5.97 Å². The van der Waals surface area contributed by atoms with Gasteiger partial charge in [0.25, 0.3) is 0 Å². The number of unbranched alkanes of at least 4 members (excludes halogenated alkanes) is 1. The Bertz CT molecular complexity index is 1190. The molecular weight excluding hydrogens is 471 g/mol. The summed E-state index contributed by atoms with van der Waals surface area (Å²) in [5.41, 5.74) is 2.51. The van der Waals surface area contributed by atoms with Gasteiger partial charge in [-0.1, -0.05) is 18.2 Å². The number of benzene rings is 2. The van der Waals surface area contributed by atoms with Gasteiger partial charge in [0.05, 0.1) is 25.7 Å². The van der Waals surface area contributed by atoms with Crippen LogP contribution in [0, 0.1) is 11.8 Å². The van der Waals surface area contributed by atoms with E-state index in [1.807, 2.05) is 36.4 Å². The van der Waals surface area contributed by atoms with Crippen molar-refractivity contribution in [1.29, 1.82) is 0 Å². The molecule has 7 heteroatoms. The molecule has 3 aromatic rings. The Balaban J connectivity index is 1.29. The molecule has 0 unspecified atom stereocenters. The second-order valence-corrected chi connectivity index (χ2v) is 9.89. The second kappa shape index (κ2) is 12.9. The first-order valence-corrected chi connectivity index (χ1v) is 13.1. The highest BCUT2D eigenvalue weighted by Gasteiger charge is 2.34. The Morgan fingerprint density at radius 2 is 2.00 bits per heavy atom. The molecule has 3 atom stereocenters. The van der Waals surface area contributed by atoms with Crippen molar-refractivity contribution >= 4 is 16.9 Å². The smallest absolute Gasteiger partial charge is 0.308 e. The van der Waals surface area contributed by atoms with Gasteiger partial charge in [0.1, 0.15) is 17.7 Å². The molecule has 6 nitrogen and oxygen atoms in total. The molecule has 1 fully saturated rings. The number of likely N-dealkylation sites (tertiary alicyclic amines) is 1. The molecule has 1 aromatic heterocycles. The van der Waals surface area contributed by atoms with E-state index in [1.54, 1.807) is 26.5 Å². The first-order chi connectivity index (χ1) is 18.0. The van der Waals surface area contributed by atoms with Crippen molar-refractivity contribution in [2.24, 2.45) is 11.8 Å². The lowest BCUT2D eigenvalue weighted by molar-refractivity contribution is -0.146. The fraction of sp³-hybridized carbons (Fsp3) is 0.467. The van der Waals surface area contributed by atoms with Crippen LogP contribution in [0.15, 0.2) is 54.7 Å². The lowest BCUT2D eigenvalue weighted by atomic mass is 9.81. The van der Waals surface area contributed by atoms with Gasteiger partial charge in [-0.2, -0.15) is 0 Å². The first-order valence-electron chi connectivity index (χ1n) is 13.1. The number of aliphatic carboxylic acids is 1. The van der Waals surface area contributed by atoms with Gasteiger partial charge < -0.3 is 19.5 Å². The van der Waals surface area contributed by atoms with Crippen LogP contribution in [-0.2, 0) is 11.2 Å². The first kappa shape index (κ1) is 26.9. The Labute approximate surface area is 218 Å². The number of carboxylic acid groups (broad SMARTS) is 1. The molecule has 1 aliphatic rings. The summed E-state index contributed by atoms with van der Waals surface area (Å²) >= 11 is 0. The standard InChI is InChI=1S/C30H37FN2O4/c1-36-23-11-13-28-25(19-23)24(14-16-32-28)27(31)12-10-21-15-18-33(20-26(21)30(34)35)17-6-5-8-22-7-3-4-9-29(22)37-2/h3-4,7,9,11,13-14,16,19,21,26-27H,5-6,8,10,12,15,17-18,20H2,1-2H3,(H,34,35)/t21-,26+,27-/m1/s1. The maximum atomic E-state index is 15.4. The average molecular weight is 509 g/mol. The van der Waals surface area contributed by atoms with E-state index >= 15 is 4.39 Å². The maximum absolute atomic E-state index is 15.4. The average Bonchev–Trinajstić information content (AvgIpc) is 2.93. The fourth-order valence-corrected chi connectivity index (χ4v) is 5.52. The zero-order valence-electron chi connectivity index (χ0n) is 21.7. The summed E-state index contributed by atoms with van der Waals surface area (Å²) in [5, 5.41) is 10.7. The van der Waals surface area contributed by atoms with Crippen molar-refractivity contribution < 1.29 is 23.8 Å². The Kier molecular flexibility index (Phi) is 9.34. The van der Waals surface area contributed by atoms with E-state index in [1.165, 1.54) is 5.56 Å². The monoisotopic (exact) mass is 508 g/mol. The van der Waals surface area contributed by atoms with Crippen molar-refractivity contribution in [3.05, 3.63) is 65.9 Å². The predicted octanol–water partition coefficient (Wildman–Crippen LogP) is 6.09. The molecule has 1 saturated heterocycles. The number of carboxylic acids is 1. The summed E-state index contributed by atoms with van der Waals surface area (Å²) in [6.07, 6.45) is 5.03. The van der Waals surface area contributed by atoms with Crippen LogP contribution < -0.4 is 9.47 Å². The highest BCUT2D eigenvalue weighted by molar-refractivity contribution is 5.83. The minimum Gasteiger partial charge on any atom is -0.497 e. The van der Waals surface area contributed by atoms with Crippen LogP contribution in [0.25, 0.3) is 10.9 Å². The summed E-state index contributed by atoms with van der Waals surface area (Å²) < 4.78 is 26.2. The molecule has 0 spiro atoms. The molecule has 2 heterocycles. The van der Waals surface area contributed by atoms with Crippen LogP contribution in [-0.4, -0.2) is 54.8 Å². The Hall–Kier alpha value is -3.19. The minimum atomic E-state index is -1.18. The third kappa shape index (κ3) is 6.77. The number of methoxy groups -OCH3 is 2. The topological polar surface area (TPSA) is 71.9 Å². The molecular formula is C30H37FN2O4. The van der Waals surface area contributed by atoms with E-state index in [2.05, 4.69) is 16.0 Å². The maximum Gasteiger partial charge on any atom is 0.308 e. The van der Waals surface area contributed by atoms with Crippen LogP contribution in [0.1, 0.15) is 49.4 Å². The zero-order chi connectivity index (χ0) is 26.2. The number of pyridine rings is 1. The highest BCUT2D eigenvalue weighted by Crippen LogP contribution is 2.35. The molecule has 1 aliphatic heterocycles. The van der Waals surface area contributed by atoms with E-state index in [0.29, 0.717) is 30.7 Å². The molecule has 1 N–H and O–H groups in total. The van der Waals surface area contributed by atoms with E-state index in [0.717, 1.165) is 55.4 Å². The van der Waals surface area contributed by atoms with Crippen LogP contribution in [0.2, 0.25) is 0 Å². The number of fused-ring (bicyclic) bond motifs is 1. The SMILES string of the molecule is COc1ccc2nccc([C@H](F)CC[C@@H]3CCN(CCCCc4ccccc4OC)C[C@@H]3C(=O)O)c2c1. The molecule has 2 aromatic carbocycles. The fourth-order valence-electron chi connectivity index (χ4n) is 5.52. The third-order valence-electron chi connectivity index (χ3n) is 7.63. The number of nitrogens with zero attached hydrogens (tertiary/aromatic N) is 2. The van der Waals surface area contributed by atoms with Gasteiger partial charge in [-0.15, -0.1) is 0 Å². The number of hydrogen-bond donors (Lipinski definition) is 1. The minimum absolute atomic E-state index is 0.0248.